The third kappa shape index (κ3) is 3.02. The molecule has 0 aromatic heterocycles. The summed E-state index contributed by atoms with van der Waals surface area (Å²) in [5.74, 6) is -0.0707. The Hall–Kier alpha value is -1.42. The molecule has 2 N–H and O–H groups in total. The van der Waals surface area contributed by atoms with E-state index in [-0.39, 0.29) is 17.1 Å². The SMILES string of the molecule is NCC1(CC(=O)N2CCCc3cc(F)ccc32)CCCCC1. The van der Waals surface area contributed by atoms with Crippen molar-refractivity contribution in [2.45, 2.75) is 51.4 Å². The average Bonchev–Trinajstić information content (AvgIpc) is 2.54. The number of carbonyl (C=O) groups is 1. The smallest absolute Gasteiger partial charge is 0.227 e. The second kappa shape index (κ2) is 6.37. The number of rotatable bonds is 3. The molecule has 3 rings (SSSR count). The molecule has 0 bridgehead atoms. The van der Waals surface area contributed by atoms with Crippen LogP contribution in [-0.2, 0) is 11.2 Å². The van der Waals surface area contributed by atoms with Gasteiger partial charge in [-0.1, -0.05) is 19.3 Å². The van der Waals surface area contributed by atoms with Gasteiger partial charge in [0.15, 0.2) is 0 Å². The Morgan fingerprint density at radius 1 is 1.23 bits per heavy atom. The van der Waals surface area contributed by atoms with Crippen molar-refractivity contribution < 1.29 is 9.18 Å². The molecule has 0 radical (unpaired) electrons. The van der Waals surface area contributed by atoms with E-state index in [9.17, 15) is 9.18 Å². The van der Waals surface area contributed by atoms with Crippen LogP contribution in [-0.4, -0.2) is 19.0 Å². The van der Waals surface area contributed by atoms with Crippen LogP contribution in [0.3, 0.4) is 0 Å². The zero-order valence-corrected chi connectivity index (χ0v) is 13.1. The van der Waals surface area contributed by atoms with Crippen molar-refractivity contribution >= 4 is 11.6 Å². The number of halogens is 1. The van der Waals surface area contributed by atoms with Crippen molar-refractivity contribution in [2.75, 3.05) is 18.0 Å². The van der Waals surface area contributed by atoms with Gasteiger partial charge in [0.25, 0.3) is 0 Å². The molecule has 3 nitrogen and oxygen atoms in total. The first kappa shape index (κ1) is 15.5. The molecule has 0 saturated heterocycles. The van der Waals surface area contributed by atoms with Crippen molar-refractivity contribution in [2.24, 2.45) is 11.1 Å². The number of fused-ring (bicyclic) bond motifs is 1. The number of benzene rings is 1. The number of anilines is 1. The molecule has 0 atom stereocenters. The van der Waals surface area contributed by atoms with E-state index in [1.807, 2.05) is 4.90 Å². The van der Waals surface area contributed by atoms with Gasteiger partial charge in [-0.2, -0.15) is 0 Å². The summed E-state index contributed by atoms with van der Waals surface area (Å²) in [4.78, 5) is 14.7. The monoisotopic (exact) mass is 304 g/mol. The van der Waals surface area contributed by atoms with Gasteiger partial charge in [0.2, 0.25) is 5.91 Å². The van der Waals surface area contributed by atoms with Gasteiger partial charge in [-0.25, -0.2) is 4.39 Å². The van der Waals surface area contributed by atoms with Crippen molar-refractivity contribution in [3.63, 3.8) is 0 Å². The van der Waals surface area contributed by atoms with E-state index >= 15 is 0 Å². The van der Waals surface area contributed by atoms with Crippen LogP contribution in [0.1, 0.15) is 50.5 Å². The largest absolute Gasteiger partial charge is 0.330 e. The number of hydrogen-bond acceptors (Lipinski definition) is 2. The summed E-state index contributed by atoms with van der Waals surface area (Å²) in [5.41, 5.74) is 7.83. The zero-order valence-electron chi connectivity index (χ0n) is 13.1. The van der Waals surface area contributed by atoms with Crippen LogP contribution in [0.25, 0.3) is 0 Å². The molecule has 2 aliphatic rings. The van der Waals surface area contributed by atoms with Crippen LogP contribution < -0.4 is 10.6 Å². The summed E-state index contributed by atoms with van der Waals surface area (Å²) in [6.07, 6.45) is 7.98. The van der Waals surface area contributed by atoms with Gasteiger partial charge in [0.1, 0.15) is 5.82 Å². The minimum atomic E-state index is -0.223. The molecule has 1 aliphatic heterocycles. The fourth-order valence-corrected chi connectivity index (χ4v) is 4.00. The van der Waals surface area contributed by atoms with Crippen molar-refractivity contribution in [1.29, 1.82) is 0 Å². The van der Waals surface area contributed by atoms with Crippen molar-refractivity contribution in [3.8, 4) is 0 Å². The molecule has 1 heterocycles. The van der Waals surface area contributed by atoms with Gasteiger partial charge >= 0.3 is 0 Å². The van der Waals surface area contributed by atoms with Crippen LogP contribution in [0.15, 0.2) is 18.2 Å². The number of hydrogen-bond donors (Lipinski definition) is 1. The van der Waals surface area contributed by atoms with Gasteiger partial charge < -0.3 is 10.6 Å². The maximum absolute atomic E-state index is 13.4. The number of aryl methyl sites for hydroxylation is 1. The van der Waals surface area contributed by atoms with Crippen LogP contribution in [0.4, 0.5) is 10.1 Å². The van der Waals surface area contributed by atoms with E-state index in [0.717, 1.165) is 43.5 Å². The second-order valence-electron chi connectivity index (χ2n) is 6.86. The molecular weight excluding hydrogens is 279 g/mol. The Bertz CT molecular complexity index is 552. The molecule has 0 unspecified atom stereocenters. The lowest BCUT2D eigenvalue weighted by molar-refractivity contribution is -0.121. The molecule has 1 fully saturated rings. The van der Waals surface area contributed by atoms with Crippen LogP contribution >= 0.6 is 0 Å². The molecular formula is C18H25FN2O. The highest BCUT2D eigenvalue weighted by atomic mass is 19.1. The molecule has 120 valence electrons. The van der Waals surface area contributed by atoms with E-state index in [2.05, 4.69) is 0 Å². The highest BCUT2D eigenvalue weighted by Gasteiger charge is 2.35. The lowest BCUT2D eigenvalue weighted by atomic mass is 9.71. The molecule has 4 heteroatoms. The fraction of sp³-hybridized carbons (Fsp3) is 0.611. The van der Waals surface area contributed by atoms with Gasteiger partial charge in [-0.15, -0.1) is 0 Å². The molecule has 1 amide bonds. The van der Waals surface area contributed by atoms with E-state index in [1.54, 1.807) is 12.1 Å². The Kier molecular flexibility index (Phi) is 4.48. The molecule has 22 heavy (non-hydrogen) atoms. The summed E-state index contributed by atoms with van der Waals surface area (Å²) < 4.78 is 13.4. The summed E-state index contributed by atoms with van der Waals surface area (Å²) in [6, 6.07) is 4.76. The Morgan fingerprint density at radius 2 is 2.00 bits per heavy atom. The van der Waals surface area contributed by atoms with Crippen molar-refractivity contribution in [3.05, 3.63) is 29.6 Å². The van der Waals surface area contributed by atoms with Crippen LogP contribution in [0, 0.1) is 11.2 Å². The van der Waals surface area contributed by atoms with Gasteiger partial charge in [0, 0.05) is 18.7 Å². The second-order valence-corrected chi connectivity index (χ2v) is 6.86. The number of nitrogens with two attached hydrogens (primary N) is 1. The van der Waals surface area contributed by atoms with Crippen LogP contribution in [0.2, 0.25) is 0 Å². The number of nitrogens with zero attached hydrogens (tertiary/aromatic N) is 1. The van der Waals surface area contributed by atoms with Gasteiger partial charge in [0.05, 0.1) is 0 Å². The average molecular weight is 304 g/mol. The first-order valence-electron chi connectivity index (χ1n) is 8.42. The standard InChI is InChI=1S/C18H25FN2O/c19-15-6-7-16-14(11-15)5-4-10-21(16)17(22)12-18(13-20)8-2-1-3-9-18/h6-7,11H,1-5,8-10,12-13,20H2. The molecule has 1 aliphatic carbocycles. The summed E-state index contributed by atoms with van der Waals surface area (Å²) in [5, 5.41) is 0. The first-order valence-corrected chi connectivity index (χ1v) is 8.42. The molecule has 0 spiro atoms. The minimum Gasteiger partial charge on any atom is -0.330 e. The fourth-order valence-electron chi connectivity index (χ4n) is 4.00. The van der Waals surface area contributed by atoms with E-state index < -0.39 is 0 Å². The lowest BCUT2D eigenvalue weighted by Gasteiger charge is -2.38. The highest BCUT2D eigenvalue weighted by molar-refractivity contribution is 5.95. The number of amides is 1. The Labute approximate surface area is 131 Å². The highest BCUT2D eigenvalue weighted by Crippen LogP contribution is 2.40. The van der Waals surface area contributed by atoms with Crippen LogP contribution in [0.5, 0.6) is 0 Å². The molecule has 1 aromatic carbocycles. The van der Waals surface area contributed by atoms with Gasteiger partial charge in [-0.05, 0) is 61.4 Å². The predicted octanol–water partition coefficient (Wildman–Crippen LogP) is 3.40. The maximum atomic E-state index is 13.4. The minimum absolute atomic E-state index is 0.0209. The summed E-state index contributed by atoms with van der Waals surface area (Å²) in [7, 11) is 0. The van der Waals surface area contributed by atoms with E-state index in [4.69, 9.17) is 5.73 Å². The summed E-state index contributed by atoms with van der Waals surface area (Å²) >= 11 is 0. The Balaban J connectivity index is 1.78. The molecule has 1 aromatic rings. The number of carbonyl (C=O) groups excluding carboxylic acids is 1. The quantitative estimate of drug-likeness (QED) is 0.930. The first-order chi connectivity index (χ1) is 10.6. The molecule has 1 saturated carbocycles. The zero-order chi connectivity index (χ0) is 15.6. The lowest BCUT2D eigenvalue weighted by Crippen LogP contribution is -2.42. The van der Waals surface area contributed by atoms with E-state index in [0.29, 0.717) is 13.0 Å². The van der Waals surface area contributed by atoms with Crippen molar-refractivity contribution in [1.82, 2.24) is 0 Å². The Morgan fingerprint density at radius 3 is 2.73 bits per heavy atom. The van der Waals surface area contributed by atoms with Gasteiger partial charge in [-0.3, -0.25) is 4.79 Å². The third-order valence-electron chi connectivity index (χ3n) is 5.33. The maximum Gasteiger partial charge on any atom is 0.227 e. The summed E-state index contributed by atoms with van der Waals surface area (Å²) in [6.45, 7) is 1.32. The predicted molar refractivity (Wildman–Crippen MR) is 86.3 cm³/mol. The van der Waals surface area contributed by atoms with E-state index in [1.165, 1.54) is 25.3 Å². The topological polar surface area (TPSA) is 46.3 Å². The third-order valence-corrected chi connectivity index (χ3v) is 5.33. The normalized spacial score (nSPS) is 20.5.